The minimum atomic E-state index is -4.88. The van der Waals surface area contributed by atoms with Crippen LogP contribution in [-0.4, -0.2) is 54.5 Å². The third kappa shape index (κ3) is 7.97. The minimum Gasteiger partial charge on any atom is -0.354 e. The quantitative estimate of drug-likeness (QED) is 0.290. The summed E-state index contributed by atoms with van der Waals surface area (Å²) in [7, 11) is 0. The number of nitrogens with zero attached hydrogens (tertiary/aromatic N) is 2. The fraction of sp³-hybridized carbons (Fsp3) is 0.552. The van der Waals surface area contributed by atoms with Crippen LogP contribution >= 0.6 is 0 Å². The largest absolute Gasteiger partial charge is 0.416 e. The number of amides is 1. The summed E-state index contributed by atoms with van der Waals surface area (Å²) in [5, 5.41) is 2.87. The Kier molecular flexibility index (Phi) is 9.59. The zero-order valence-electron chi connectivity index (χ0n) is 21.8. The number of hydrogen-bond acceptors (Lipinski definition) is 3. The summed E-state index contributed by atoms with van der Waals surface area (Å²) in [6.45, 7) is 3.40. The van der Waals surface area contributed by atoms with Gasteiger partial charge in [-0.2, -0.15) is 26.3 Å². The average molecular weight is 558 g/mol. The Morgan fingerprint density at radius 3 is 2.03 bits per heavy atom. The molecule has 39 heavy (non-hydrogen) atoms. The molecule has 0 spiro atoms. The molecule has 216 valence electrons. The number of piperazine rings is 1. The third-order valence-electron chi connectivity index (χ3n) is 7.76. The SMILES string of the molecule is O=C(NCCCc1cc(C(F)(F)F)cc(C(F)(F)F)c1)C(c1ccccc1)N1CCN(C2CCCCC2)CC1.[HH]. The van der Waals surface area contributed by atoms with E-state index in [0.29, 0.717) is 6.04 Å². The summed E-state index contributed by atoms with van der Waals surface area (Å²) in [5.41, 5.74) is -1.86. The van der Waals surface area contributed by atoms with E-state index < -0.39 is 29.5 Å². The standard InChI is InChI=1S/C29H35F6N3O.H2/c30-28(31,32)23-18-21(19-24(20-23)29(33,34)35)8-7-13-36-27(39)26(22-9-3-1-4-10-22)38-16-14-37(15-17-38)25-11-5-2-6-12-25;/h1,3-4,9-10,18-20,25-26H,2,5-8,11-17H2,(H,36,39);1H. The molecule has 1 amide bonds. The molecule has 1 unspecified atom stereocenters. The lowest BCUT2D eigenvalue weighted by Gasteiger charge is -2.43. The monoisotopic (exact) mass is 557 g/mol. The van der Waals surface area contributed by atoms with E-state index in [1.54, 1.807) is 0 Å². The first-order valence-electron chi connectivity index (χ1n) is 13.6. The van der Waals surface area contributed by atoms with Crippen LogP contribution in [0.5, 0.6) is 0 Å². The van der Waals surface area contributed by atoms with Gasteiger partial charge in [0.15, 0.2) is 0 Å². The van der Waals surface area contributed by atoms with Crippen molar-refractivity contribution in [1.29, 1.82) is 0 Å². The molecule has 0 aromatic heterocycles. The first kappa shape index (κ1) is 29.4. The number of rotatable bonds is 8. The zero-order chi connectivity index (χ0) is 28.0. The van der Waals surface area contributed by atoms with E-state index in [4.69, 9.17) is 0 Å². The lowest BCUT2D eigenvalue weighted by molar-refractivity contribution is -0.143. The molecule has 1 aliphatic carbocycles. The fourth-order valence-corrected chi connectivity index (χ4v) is 5.73. The Morgan fingerprint density at radius 1 is 0.872 bits per heavy atom. The van der Waals surface area contributed by atoms with Gasteiger partial charge in [0.1, 0.15) is 6.04 Å². The Labute approximate surface area is 226 Å². The van der Waals surface area contributed by atoms with Gasteiger partial charge in [0.05, 0.1) is 11.1 Å². The second-order valence-electron chi connectivity index (χ2n) is 10.5. The Balaban J connectivity index is 0.00000441. The lowest BCUT2D eigenvalue weighted by atomic mass is 9.93. The van der Waals surface area contributed by atoms with Crippen LogP contribution in [0, 0.1) is 0 Å². The van der Waals surface area contributed by atoms with Crippen LogP contribution in [0.25, 0.3) is 0 Å². The molecule has 0 bridgehead atoms. The summed E-state index contributed by atoms with van der Waals surface area (Å²) < 4.78 is 78.9. The van der Waals surface area contributed by atoms with Gasteiger partial charge < -0.3 is 5.32 Å². The van der Waals surface area contributed by atoms with Gasteiger partial charge in [-0.3, -0.25) is 14.6 Å². The number of hydrogen-bond donors (Lipinski definition) is 1. The number of carbonyl (C=O) groups excluding carboxylic acids is 1. The smallest absolute Gasteiger partial charge is 0.354 e. The molecule has 1 N–H and O–H groups in total. The average Bonchev–Trinajstić information content (AvgIpc) is 2.92. The van der Waals surface area contributed by atoms with Gasteiger partial charge in [0.25, 0.3) is 0 Å². The lowest BCUT2D eigenvalue weighted by Crippen LogP contribution is -2.53. The molecule has 1 saturated carbocycles. The topological polar surface area (TPSA) is 35.6 Å². The minimum absolute atomic E-state index is 0. The molecule has 1 aliphatic heterocycles. The summed E-state index contributed by atoms with van der Waals surface area (Å²) >= 11 is 0. The molecule has 2 aromatic rings. The van der Waals surface area contributed by atoms with Crippen LogP contribution in [0.4, 0.5) is 26.3 Å². The van der Waals surface area contributed by atoms with Gasteiger partial charge in [0, 0.05) is 40.2 Å². The van der Waals surface area contributed by atoms with Gasteiger partial charge in [-0.15, -0.1) is 0 Å². The van der Waals surface area contributed by atoms with Crippen LogP contribution < -0.4 is 5.32 Å². The van der Waals surface area contributed by atoms with Crippen molar-refractivity contribution in [3.8, 4) is 0 Å². The first-order chi connectivity index (χ1) is 18.5. The van der Waals surface area contributed by atoms with Crippen molar-refractivity contribution in [3.05, 3.63) is 70.8 Å². The Morgan fingerprint density at radius 2 is 1.46 bits per heavy atom. The van der Waals surface area contributed by atoms with Crippen molar-refractivity contribution < 1.29 is 32.6 Å². The maximum Gasteiger partial charge on any atom is 0.416 e. The van der Waals surface area contributed by atoms with E-state index in [1.165, 1.54) is 32.1 Å². The Hall–Kier alpha value is -2.59. The summed E-state index contributed by atoms with van der Waals surface area (Å²) in [4.78, 5) is 18.0. The predicted molar refractivity (Wildman–Crippen MR) is 139 cm³/mol. The molecule has 2 fully saturated rings. The van der Waals surface area contributed by atoms with E-state index in [-0.39, 0.29) is 38.4 Å². The number of benzene rings is 2. The van der Waals surface area contributed by atoms with Crippen molar-refractivity contribution in [3.63, 3.8) is 0 Å². The van der Waals surface area contributed by atoms with Gasteiger partial charge >= 0.3 is 12.4 Å². The molecule has 4 nitrogen and oxygen atoms in total. The zero-order valence-corrected chi connectivity index (χ0v) is 21.8. The highest BCUT2D eigenvalue weighted by Gasteiger charge is 2.37. The number of aryl methyl sites for hydroxylation is 1. The predicted octanol–water partition coefficient (Wildman–Crippen LogP) is 6.71. The first-order valence-corrected chi connectivity index (χ1v) is 13.6. The van der Waals surface area contributed by atoms with Crippen molar-refractivity contribution in [2.45, 2.75) is 69.4 Å². The molecule has 2 aliphatic rings. The number of alkyl halides is 6. The van der Waals surface area contributed by atoms with E-state index in [0.717, 1.165) is 43.9 Å². The van der Waals surface area contributed by atoms with E-state index in [2.05, 4.69) is 15.1 Å². The van der Waals surface area contributed by atoms with Crippen LogP contribution in [0.3, 0.4) is 0 Å². The van der Waals surface area contributed by atoms with Crippen LogP contribution in [0.2, 0.25) is 0 Å². The summed E-state index contributed by atoms with van der Waals surface area (Å²) in [5.74, 6) is -0.215. The van der Waals surface area contributed by atoms with Crippen LogP contribution in [-0.2, 0) is 23.6 Å². The molecular formula is C29H37F6N3O. The molecule has 1 heterocycles. The second kappa shape index (κ2) is 12.7. The van der Waals surface area contributed by atoms with Crippen molar-refractivity contribution in [2.24, 2.45) is 0 Å². The second-order valence-corrected chi connectivity index (χ2v) is 10.5. The van der Waals surface area contributed by atoms with Crippen LogP contribution in [0.1, 0.15) is 68.2 Å². The maximum atomic E-state index is 13.3. The van der Waals surface area contributed by atoms with Gasteiger partial charge in [0.2, 0.25) is 5.91 Å². The van der Waals surface area contributed by atoms with Gasteiger partial charge in [-0.25, -0.2) is 0 Å². The molecule has 1 saturated heterocycles. The van der Waals surface area contributed by atoms with Crippen molar-refractivity contribution >= 4 is 5.91 Å². The van der Waals surface area contributed by atoms with Crippen LogP contribution in [0.15, 0.2) is 48.5 Å². The molecule has 2 aromatic carbocycles. The highest BCUT2D eigenvalue weighted by atomic mass is 19.4. The Bertz CT molecular complexity index is 1050. The van der Waals surface area contributed by atoms with E-state index >= 15 is 0 Å². The third-order valence-corrected chi connectivity index (χ3v) is 7.76. The van der Waals surface area contributed by atoms with Crippen molar-refractivity contribution in [1.82, 2.24) is 15.1 Å². The number of carbonyl (C=O) groups is 1. The normalized spacial score (nSPS) is 19.1. The highest BCUT2D eigenvalue weighted by Crippen LogP contribution is 2.36. The highest BCUT2D eigenvalue weighted by molar-refractivity contribution is 5.83. The van der Waals surface area contributed by atoms with Gasteiger partial charge in [-0.1, -0.05) is 49.6 Å². The molecule has 4 rings (SSSR count). The van der Waals surface area contributed by atoms with Crippen molar-refractivity contribution in [2.75, 3.05) is 32.7 Å². The summed E-state index contributed by atoms with van der Waals surface area (Å²) in [6, 6.07) is 11.2. The summed E-state index contributed by atoms with van der Waals surface area (Å²) in [6.07, 6.45) is -3.31. The fourth-order valence-electron chi connectivity index (χ4n) is 5.73. The maximum absolute atomic E-state index is 13.3. The molecule has 1 atom stereocenters. The molecular weight excluding hydrogens is 520 g/mol. The molecule has 10 heteroatoms. The van der Waals surface area contributed by atoms with E-state index in [1.807, 2.05) is 30.3 Å². The van der Waals surface area contributed by atoms with E-state index in [9.17, 15) is 31.1 Å². The molecule has 0 radical (unpaired) electrons. The van der Waals surface area contributed by atoms with Gasteiger partial charge in [-0.05, 0) is 55.0 Å². The number of nitrogens with one attached hydrogen (secondary N) is 1. The number of halogens is 6.